The first-order valence-corrected chi connectivity index (χ1v) is 8.28. The van der Waals surface area contributed by atoms with E-state index in [2.05, 4.69) is 5.32 Å². The smallest absolute Gasteiger partial charge is 0.347 e. The van der Waals surface area contributed by atoms with Crippen molar-refractivity contribution in [2.45, 2.75) is 20.0 Å². The van der Waals surface area contributed by atoms with Crippen LogP contribution in [0.4, 0.5) is 11.4 Å². The highest BCUT2D eigenvalue weighted by molar-refractivity contribution is 6.30. The fourth-order valence-electron chi connectivity index (χ4n) is 2.16. The van der Waals surface area contributed by atoms with Gasteiger partial charge in [0.05, 0.1) is 4.92 Å². The first-order chi connectivity index (χ1) is 12.8. The molecule has 0 aliphatic carbocycles. The molecule has 9 heteroatoms. The van der Waals surface area contributed by atoms with Gasteiger partial charge < -0.3 is 14.8 Å². The molecule has 27 heavy (non-hydrogen) atoms. The van der Waals surface area contributed by atoms with Crippen molar-refractivity contribution >= 4 is 34.9 Å². The number of nitrogens with zero attached hydrogens (tertiary/aromatic N) is 1. The van der Waals surface area contributed by atoms with Crippen LogP contribution in [0.25, 0.3) is 0 Å². The molecule has 1 amide bonds. The van der Waals surface area contributed by atoms with Crippen LogP contribution < -0.4 is 10.1 Å². The maximum Gasteiger partial charge on any atom is 0.347 e. The zero-order valence-corrected chi connectivity index (χ0v) is 15.4. The lowest BCUT2D eigenvalue weighted by Gasteiger charge is -2.14. The zero-order chi connectivity index (χ0) is 20.0. The average Bonchev–Trinajstić information content (AvgIpc) is 2.63. The van der Waals surface area contributed by atoms with Crippen LogP contribution in [0.5, 0.6) is 5.75 Å². The van der Waals surface area contributed by atoms with Crippen LogP contribution in [0.3, 0.4) is 0 Å². The first-order valence-electron chi connectivity index (χ1n) is 7.90. The molecule has 8 nitrogen and oxygen atoms in total. The summed E-state index contributed by atoms with van der Waals surface area (Å²) in [6, 6.07) is 10.8. The predicted octanol–water partition coefficient (Wildman–Crippen LogP) is 3.51. The van der Waals surface area contributed by atoms with Gasteiger partial charge in [0.15, 0.2) is 12.7 Å². The molecular formula is C18H17ClN2O6. The highest BCUT2D eigenvalue weighted by Crippen LogP contribution is 2.27. The Morgan fingerprint density at radius 2 is 1.89 bits per heavy atom. The van der Waals surface area contributed by atoms with Crippen molar-refractivity contribution in [2.24, 2.45) is 0 Å². The second-order valence-electron chi connectivity index (χ2n) is 5.60. The third-order valence-electron chi connectivity index (χ3n) is 3.52. The van der Waals surface area contributed by atoms with Crippen molar-refractivity contribution in [3.8, 4) is 5.75 Å². The van der Waals surface area contributed by atoms with E-state index in [0.29, 0.717) is 16.3 Å². The molecular weight excluding hydrogens is 376 g/mol. The third kappa shape index (κ3) is 5.68. The van der Waals surface area contributed by atoms with Gasteiger partial charge in [-0.25, -0.2) is 4.79 Å². The van der Waals surface area contributed by atoms with Crippen molar-refractivity contribution in [3.05, 3.63) is 63.2 Å². The van der Waals surface area contributed by atoms with Crippen molar-refractivity contribution in [2.75, 3.05) is 11.9 Å². The molecule has 0 aromatic heterocycles. The van der Waals surface area contributed by atoms with Crippen molar-refractivity contribution in [1.29, 1.82) is 0 Å². The minimum atomic E-state index is -0.952. The molecule has 0 aliphatic heterocycles. The molecule has 0 radical (unpaired) electrons. The summed E-state index contributed by atoms with van der Waals surface area (Å²) in [6.07, 6.45) is -0.952. The van der Waals surface area contributed by atoms with Crippen LogP contribution >= 0.6 is 11.6 Å². The lowest BCUT2D eigenvalue weighted by Crippen LogP contribution is -2.30. The van der Waals surface area contributed by atoms with E-state index in [4.69, 9.17) is 21.1 Å². The fourth-order valence-corrected chi connectivity index (χ4v) is 2.29. The van der Waals surface area contributed by atoms with Gasteiger partial charge in [0.25, 0.3) is 11.6 Å². The van der Waals surface area contributed by atoms with Gasteiger partial charge in [-0.3, -0.25) is 14.9 Å². The molecule has 1 atom stereocenters. The SMILES string of the molecule is Cc1cccc([N+](=O)[O-])c1NC(=O)COC(=O)[C@@H](C)Oc1ccc(Cl)cc1. The quantitative estimate of drug-likeness (QED) is 0.439. The second-order valence-corrected chi connectivity index (χ2v) is 6.03. The molecule has 1 N–H and O–H groups in total. The Morgan fingerprint density at radius 3 is 2.52 bits per heavy atom. The Bertz CT molecular complexity index is 853. The molecule has 0 fully saturated rings. The van der Waals surface area contributed by atoms with Gasteiger partial charge >= 0.3 is 5.97 Å². The van der Waals surface area contributed by atoms with E-state index < -0.39 is 29.5 Å². The minimum Gasteiger partial charge on any atom is -0.479 e. The van der Waals surface area contributed by atoms with E-state index >= 15 is 0 Å². The number of halogens is 1. The van der Waals surface area contributed by atoms with E-state index in [9.17, 15) is 19.7 Å². The molecule has 0 saturated heterocycles. The standard InChI is InChI=1S/C18H17ClN2O6/c1-11-4-3-5-15(21(24)25)17(11)20-16(22)10-26-18(23)12(2)27-14-8-6-13(19)7-9-14/h3-9,12H,10H2,1-2H3,(H,20,22)/t12-/m1/s1. The number of nitro groups is 1. The van der Waals surface area contributed by atoms with Crippen molar-refractivity contribution in [3.63, 3.8) is 0 Å². The molecule has 142 valence electrons. The molecule has 0 spiro atoms. The summed E-state index contributed by atoms with van der Waals surface area (Å²) < 4.78 is 10.3. The molecule has 0 aliphatic rings. The van der Waals surface area contributed by atoms with Crippen LogP contribution in [-0.4, -0.2) is 29.5 Å². The number of carbonyl (C=O) groups excluding carboxylic acids is 2. The van der Waals surface area contributed by atoms with Crippen molar-refractivity contribution < 1.29 is 24.0 Å². The van der Waals surface area contributed by atoms with E-state index in [-0.39, 0.29) is 11.4 Å². The molecule has 0 saturated carbocycles. The predicted molar refractivity (Wildman–Crippen MR) is 99.0 cm³/mol. The van der Waals surface area contributed by atoms with Crippen LogP contribution in [0, 0.1) is 17.0 Å². The molecule has 2 aromatic carbocycles. The summed E-state index contributed by atoms with van der Waals surface area (Å²) in [5.41, 5.74) is 0.339. The van der Waals surface area contributed by atoms with Gasteiger partial charge in [0.2, 0.25) is 0 Å². The average molecular weight is 393 g/mol. The largest absolute Gasteiger partial charge is 0.479 e. The number of carbonyl (C=O) groups is 2. The summed E-state index contributed by atoms with van der Waals surface area (Å²) >= 11 is 5.77. The number of anilines is 1. The van der Waals surface area contributed by atoms with Crippen LogP contribution in [0.2, 0.25) is 5.02 Å². The second kappa shape index (κ2) is 9.00. The van der Waals surface area contributed by atoms with Gasteiger partial charge in [0, 0.05) is 11.1 Å². The zero-order valence-electron chi connectivity index (χ0n) is 14.6. The monoisotopic (exact) mass is 392 g/mol. The lowest BCUT2D eigenvalue weighted by atomic mass is 10.1. The summed E-state index contributed by atoms with van der Waals surface area (Å²) in [5.74, 6) is -1.03. The van der Waals surface area contributed by atoms with Crippen LogP contribution in [-0.2, 0) is 14.3 Å². The molecule has 2 rings (SSSR count). The van der Waals surface area contributed by atoms with Gasteiger partial charge in [-0.15, -0.1) is 0 Å². The van der Waals surface area contributed by atoms with E-state index in [1.165, 1.54) is 19.1 Å². The number of nitro benzene ring substituents is 1. The Morgan fingerprint density at radius 1 is 1.22 bits per heavy atom. The highest BCUT2D eigenvalue weighted by Gasteiger charge is 2.21. The maximum absolute atomic E-state index is 12.0. The van der Waals surface area contributed by atoms with Gasteiger partial charge in [-0.05, 0) is 43.7 Å². The van der Waals surface area contributed by atoms with Crippen molar-refractivity contribution in [1.82, 2.24) is 0 Å². The summed E-state index contributed by atoms with van der Waals surface area (Å²) in [6.45, 7) is 2.50. The number of ether oxygens (including phenoxy) is 2. The number of hydrogen-bond acceptors (Lipinski definition) is 6. The molecule has 0 heterocycles. The lowest BCUT2D eigenvalue weighted by molar-refractivity contribution is -0.384. The number of hydrogen-bond donors (Lipinski definition) is 1. The topological polar surface area (TPSA) is 108 Å². The number of amides is 1. The first kappa shape index (κ1) is 20.2. The minimum absolute atomic E-state index is 0.0639. The van der Waals surface area contributed by atoms with E-state index in [0.717, 1.165) is 0 Å². The normalized spacial score (nSPS) is 11.4. The Hall–Kier alpha value is -3.13. The third-order valence-corrected chi connectivity index (χ3v) is 3.77. The van der Waals surface area contributed by atoms with Gasteiger partial charge in [0.1, 0.15) is 11.4 Å². The van der Waals surface area contributed by atoms with E-state index in [1.54, 1.807) is 37.3 Å². The molecule has 2 aromatic rings. The number of para-hydroxylation sites is 1. The Balaban J connectivity index is 1.91. The number of nitrogens with one attached hydrogen (secondary N) is 1. The molecule has 0 bridgehead atoms. The van der Waals surface area contributed by atoms with Crippen LogP contribution in [0.1, 0.15) is 12.5 Å². The summed E-state index contributed by atoms with van der Waals surface area (Å²) in [4.78, 5) is 34.4. The Labute approximate surface area is 160 Å². The number of esters is 1. The highest BCUT2D eigenvalue weighted by atomic mass is 35.5. The Kier molecular flexibility index (Phi) is 6.73. The molecule has 0 unspecified atom stereocenters. The number of rotatable bonds is 7. The van der Waals surface area contributed by atoms with Gasteiger partial charge in [-0.1, -0.05) is 23.7 Å². The fraction of sp³-hybridized carbons (Fsp3) is 0.222. The summed E-state index contributed by atoms with van der Waals surface area (Å²) in [5, 5.41) is 14.0. The number of benzene rings is 2. The van der Waals surface area contributed by atoms with Gasteiger partial charge in [-0.2, -0.15) is 0 Å². The summed E-state index contributed by atoms with van der Waals surface area (Å²) in [7, 11) is 0. The van der Waals surface area contributed by atoms with E-state index in [1.807, 2.05) is 0 Å². The maximum atomic E-state index is 12.0. The van der Waals surface area contributed by atoms with Crippen LogP contribution in [0.15, 0.2) is 42.5 Å². The number of aryl methyl sites for hydroxylation is 1.